The highest BCUT2D eigenvalue weighted by Crippen LogP contribution is 2.32. The lowest BCUT2D eigenvalue weighted by Gasteiger charge is -2.09. The molecule has 1 heteroatoms. The van der Waals surface area contributed by atoms with Crippen molar-refractivity contribution in [3.05, 3.63) is 59.2 Å². The van der Waals surface area contributed by atoms with Gasteiger partial charge in [-0.2, -0.15) is 0 Å². The quantitative estimate of drug-likeness (QED) is 0.867. The van der Waals surface area contributed by atoms with Gasteiger partial charge in [-0.3, -0.25) is 0 Å². The molecule has 0 amide bonds. The summed E-state index contributed by atoms with van der Waals surface area (Å²) in [6.45, 7) is 2.23. The summed E-state index contributed by atoms with van der Waals surface area (Å²) in [6, 6.07) is 15.9. The summed E-state index contributed by atoms with van der Waals surface area (Å²) >= 11 is 0. The van der Waals surface area contributed by atoms with Gasteiger partial charge in [0.25, 0.3) is 0 Å². The molecule has 3 rings (SSSR count). The Morgan fingerprint density at radius 2 is 1.95 bits per heavy atom. The van der Waals surface area contributed by atoms with E-state index >= 15 is 0 Å². The Balaban J connectivity index is 1.96. The topological polar surface area (TPSA) is 26.0 Å². The first-order valence-electron chi connectivity index (χ1n) is 7.25. The molecule has 1 atom stereocenters. The molecule has 0 saturated carbocycles. The Morgan fingerprint density at radius 1 is 1.11 bits per heavy atom. The van der Waals surface area contributed by atoms with Crippen molar-refractivity contribution in [1.29, 1.82) is 0 Å². The molecule has 0 spiro atoms. The van der Waals surface area contributed by atoms with E-state index < -0.39 is 0 Å². The lowest BCUT2D eigenvalue weighted by atomic mass is 9.97. The van der Waals surface area contributed by atoms with Crippen LogP contribution in [0.4, 0.5) is 0 Å². The average molecular weight is 251 g/mol. The maximum absolute atomic E-state index is 6.10. The van der Waals surface area contributed by atoms with Crippen LogP contribution < -0.4 is 5.73 Å². The van der Waals surface area contributed by atoms with Crippen LogP contribution >= 0.6 is 0 Å². The van der Waals surface area contributed by atoms with Crippen molar-refractivity contribution in [2.24, 2.45) is 5.73 Å². The van der Waals surface area contributed by atoms with Gasteiger partial charge < -0.3 is 5.73 Å². The zero-order valence-corrected chi connectivity index (χ0v) is 11.5. The number of hydrogen-bond acceptors (Lipinski definition) is 1. The Labute approximate surface area is 115 Å². The van der Waals surface area contributed by atoms with Crippen molar-refractivity contribution in [3.8, 4) is 11.1 Å². The molecular formula is C18H21N. The van der Waals surface area contributed by atoms with E-state index in [1.165, 1.54) is 34.2 Å². The normalized spacial score (nSPS) is 17.5. The summed E-state index contributed by atoms with van der Waals surface area (Å²) in [5, 5.41) is 0. The maximum Gasteiger partial charge on any atom is 0.0300 e. The molecule has 1 aliphatic rings. The van der Waals surface area contributed by atoms with E-state index in [9.17, 15) is 0 Å². The minimum atomic E-state index is 0.246. The molecule has 0 aliphatic heterocycles. The lowest BCUT2D eigenvalue weighted by molar-refractivity contribution is 0.713. The van der Waals surface area contributed by atoms with Gasteiger partial charge in [0.2, 0.25) is 0 Å². The van der Waals surface area contributed by atoms with Gasteiger partial charge in [-0.25, -0.2) is 0 Å². The number of benzene rings is 2. The van der Waals surface area contributed by atoms with Gasteiger partial charge in [-0.15, -0.1) is 0 Å². The van der Waals surface area contributed by atoms with Crippen LogP contribution in [0, 0.1) is 0 Å². The van der Waals surface area contributed by atoms with Gasteiger partial charge in [-0.1, -0.05) is 55.8 Å². The zero-order chi connectivity index (χ0) is 13.2. The number of hydrogen-bond donors (Lipinski definition) is 1. The van der Waals surface area contributed by atoms with Crippen molar-refractivity contribution in [2.75, 3.05) is 0 Å². The average Bonchev–Trinajstić information content (AvgIpc) is 2.81. The van der Waals surface area contributed by atoms with E-state index in [1.54, 1.807) is 0 Å². The number of aryl methyl sites for hydroxylation is 2. The first-order chi connectivity index (χ1) is 9.28. The van der Waals surface area contributed by atoms with Crippen molar-refractivity contribution >= 4 is 0 Å². The van der Waals surface area contributed by atoms with Crippen molar-refractivity contribution in [1.82, 2.24) is 0 Å². The second-order valence-corrected chi connectivity index (χ2v) is 5.51. The molecule has 1 aliphatic carbocycles. The van der Waals surface area contributed by atoms with E-state index in [2.05, 4.69) is 49.4 Å². The summed E-state index contributed by atoms with van der Waals surface area (Å²) in [4.78, 5) is 0. The molecule has 1 nitrogen and oxygen atoms in total. The van der Waals surface area contributed by atoms with E-state index in [1.807, 2.05) is 0 Å². The SMILES string of the molecule is CCCc1cccc(-c2ccc3c(c2)CCC3N)c1. The molecule has 98 valence electrons. The molecule has 0 bridgehead atoms. The largest absolute Gasteiger partial charge is 0.324 e. The predicted molar refractivity (Wildman–Crippen MR) is 81.1 cm³/mol. The van der Waals surface area contributed by atoms with Crippen molar-refractivity contribution in [2.45, 2.75) is 38.6 Å². The highest BCUT2D eigenvalue weighted by Gasteiger charge is 2.18. The van der Waals surface area contributed by atoms with Gasteiger partial charge in [-0.05, 0) is 47.1 Å². The van der Waals surface area contributed by atoms with Gasteiger partial charge >= 0.3 is 0 Å². The van der Waals surface area contributed by atoms with Gasteiger partial charge in [0.1, 0.15) is 0 Å². The molecule has 0 heterocycles. The van der Waals surface area contributed by atoms with E-state index in [0.717, 1.165) is 19.3 Å². The monoisotopic (exact) mass is 251 g/mol. The van der Waals surface area contributed by atoms with Crippen LogP contribution in [-0.2, 0) is 12.8 Å². The molecule has 2 N–H and O–H groups in total. The Kier molecular flexibility index (Phi) is 3.39. The Hall–Kier alpha value is -1.60. The third kappa shape index (κ3) is 2.43. The van der Waals surface area contributed by atoms with Crippen LogP contribution in [0.25, 0.3) is 11.1 Å². The molecule has 0 radical (unpaired) electrons. The Morgan fingerprint density at radius 3 is 2.79 bits per heavy atom. The van der Waals surface area contributed by atoms with Crippen molar-refractivity contribution < 1.29 is 0 Å². The van der Waals surface area contributed by atoms with Crippen molar-refractivity contribution in [3.63, 3.8) is 0 Å². The summed E-state index contributed by atoms with van der Waals surface area (Å²) in [5.41, 5.74) is 13.0. The van der Waals surface area contributed by atoms with Gasteiger partial charge in [0.15, 0.2) is 0 Å². The molecular weight excluding hydrogens is 230 g/mol. The first kappa shape index (κ1) is 12.4. The Bertz CT molecular complexity index is 586. The molecule has 0 saturated heterocycles. The van der Waals surface area contributed by atoms with E-state index in [0.29, 0.717) is 0 Å². The molecule has 19 heavy (non-hydrogen) atoms. The molecule has 0 aromatic heterocycles. The predicted octanol–water partition coefficient (Wildman–Crippen LogP) is 4.25. The third-order valence-corrected chi connectivity index (χ3v) is 4.07. The maximum atomic E-state index is 6.10. The van der Waals surface area contributed by atoms with Crippen LogP contribution in [0.5, 0.6) is 0 Å². The van der Waals surface area contributed by atoms with Gasteiger partial charge in [0, 0.05) is 6.04 Å². The summed E-state index contributed by atoms with van der Waals surface area (Å²) in [6.07, 6.45) is 4.57. The molecule has 2 aromatic carbocycles. The summed E-state index contributed by atoms with van der Waals surface area (Å²) in [5.74, 6) is 0. The second-order valence-electron chi connectivity index (χ2n) is 5.51. The van der Waals surface area contributed by atoms with Gasteiger partial charge in [0.05, 0.1) is 0 Å². The highest BCUT2D eigenvalue weighted by atomic mass is 14.6. The molecule has 1 unspecified atom stereocenters. The third-order valence-electron chi connectivity index (χ3n) is 4.07. The number of fused-ring (bicyclic) bond motifs is 1. The summed E-state index contributed by atoms with van der Waals surface area (Å²) in [7, 11) is 0. The fourth-order valence-corrected chi connectivity index (χ4v) is 3.03. The fraction of sp³-hybridized carbons (Fsp3) is 0.333. The minimum absolute atomic E-state index is 0.246. The molecule has 2 aromatic rings. The lowest BCUT2D eigenvalue weighted by Crippen LogP contribution is -2.04. The second kappa shape index (κ2) is 5.18. The number of nitrogens with two attached hydrogens (primary N) is 1. The number of rotatable bonds is 3. The summed E-state index contributed by atoms with van der Waals surface area (Å²) < 4.78 is 0. The fourth-order valence-electron chi connectivity index (χ4n) is 3.03. The standard InChI is InChI=1S/C18H21N/c1-2-4-13-5-3-6-14(11-13)15-7-9-17-16(12-15)8-10-18(17)19/h3,5-7,9,11-12,18H,2,4,8,10,19H2,1H3. The zero-order valence-electron chi connectivity index (χ0n) is 11.5. The van der Waals surface area contributed by atoms with Crippen LogP contribution in [-0.4, -0.2) is 0 Å². The first-order valence-corrected chi connectivity index (χ1v) is 7.25. The van der Waals surface area contributed by atoms with E-state index in [-0.39, 0.29) is 6.04 Å². The highest BCUT2D eigenvalue weighted by molar-refractivity contribution is 5.66. The van der Waals surface area contributed by atoms with Crippen LogP contribution in [0.15, 0.2) is 42.5 Å². The van der Waals surface area contributed by atoms with Crippen LogP contribution in [0.2, 0.25) is 0 Å². The van der Waals surface area contributed by atoms with Crippen LogP contribution in [0.3, 0.4) is 0 Å². The minimum Gasteiger partial charge on any atom is -0.324 e. The van der Waals surface area contributed by atoms with Crippen LogP contribution in [0.1, 0.15) is 42.5 Å². The van der Waals surface area contributed by atoms with E-state index in [4.69, 9.17) is 5.73 Å². The molecule has 0 fully saturated rings. The smallest absolute Gasteiger partial charge is 0.0300 e.